The van der Waals surface area contributed by atoms with E-state index in [1.807, 2.05) is 24.3 Å². The highest BCUT2D eigenvalue weighted by atomic mass is 35.5. The summed E-state index contributed by atoms with van der Waals surface area (Å²) in [5, 5.41) is 3.92. The Morgan fingerprint density at radius 1 is 1.11 bits per heavy atom. The van der Waals surface area contributed by atoms with Gasteiger partial charge in [0.15, 0.2) is 0 Å². The average Bonchev–Trinajstić information content (AvgIpc) is 2.28. The van der Waals surface area contributed by atoms with Gasteiger partial charge in [0.2, 0.25) is 0 Å². The number of para-hydroxylation sites is 1. The third kappa shape index (κ3) is 6.83. The first kappa shape index (κ1) is 15.3. The summed E-state index contributed by atoms with van der Waals surface area (Å²) in [6.45, 7) is 0.801. The zero-order chi connectivity index (χ0) is 13.4. The molecule has 0 aliphatic heterocycles. The van der Waals surface area contributed by atoms with E-state index in [1.54, 1.807) is 0 Å². The maximum atomic E-state index is 10.5. The standard InChI is InChI=1S/C12H18ClNO3S/c13-11-7-3-4-8-12(11)14-9-5-1-2-6-10-18(15,16)17/h3-4,7-8,14H,1-2,5-6,9-10H2,(H,15,16,17). The summed E-state index contributed by atoms with van der Waals surface area (Å²) in [6.07, 6.45) is 3.17. The molecule has 1 rings (SSSR count). The third-order valence-electron chi connectivity index (χ3n) is 2.52. The van der Waals surface area contributed by atoms with E-state index in [4.69, 9.17) is 16.2 Å². The third-order valence-corrected chi connectivity index (χ3v) is 3.65. The molecule has 0 radical (unpaired) electrons. The topological polar surface area (TPSA) is 66.4 Å². The van der Waals surface area contributed by atoms with Crippen LogP contribution in [-0.4, -0.2) is 25.3 Å². The average molecular weight is 292 g/mol. The molecule has 1 aromatic rings. The molecule has 0 bridgehead atoms. The number of rotatable bonds is 8. The van der Waals surface area contributed by atoms with Gasteiger partial charge in [0.25, 0.3) is 10.1 Å². The zero-order valence-electron chi connectivity index (χ0n) is 10.1. The smallest absolute Gasteiger partial charge is 0.264 e. The molecular formula is C12H18ClNO3S. The summed E-state index contributed by atoms with van der Waals surface area (Å²) >= 11 is 5.98. The monoisotopic (exact) mass is 291 g/mol. The second-order valence-corrected chi connectivity index (χ2v) is 6.09. The number of halogens is 1. The summed E-state index contributed by atoms with van der Waals surface area (Å²) in [5.41, 5.74) is 0.914. The molecule has 0 fully saturated rings. The first-order chi connectivity index (χ1) is 8.49. The molecule has 0 aliphatic carbocycles. The van der Waals surface area contributed by atoms with Gasteiger partial charge in [-0.1, -0.05) is 36.6 Å². The van der Waals surface area contributed by atoms with Crippen molar-refractivity contribution in [1.29, 1.82) is 0 Å². The minimum atomic E-state index is -3.80. The fraction of sp³-hybridized carbons (Fsp3) is 0.500. The Hall–Kier alpha value is -0.780. The van der Waals surface area contributed by atoms with E-state index in [-0.39, 0.29) is 5.75 Å². The van der Waals surface area contributed by atoms with Crippen LogP contribution in [0.3, 0.4) is 0 Å². The van der Waals surface area contributed by atoms with Crippen molar-refractivity contribution in [1.82, 2.24) is 0 Å². The van der Waals surface area contributed by atoms with Gasteiger partial charge in [0, 0.05) is 6.54 Å². The second kappa shape index (κ2) is 7.61. The fourth-order valence-electron chi connectivity index (χ4n) is 1.59. The lowest BCUT2D eigenvalue weighted by molar-refractivity contribution is 0.479. The van der Waals surface area contributed by atoms with Gasteiger partial charge in [-0.05, 0) is 25.0 Å². The van der Waals surface area contributed by atoms with Gasteiger partial charge in [-0.15, -0.1) is 0 Å². The van der Waals surface area contributed by atoms with Crippen LogP contribution < -0.4 is 5.32 Å². The van der Waals surface area contributed by atoms with Gasteiger partial charge in [0.1, 0.15) is 0 Å². The van der Waals surface area contributed by atoms with Crippen LogP contribution in [0.5, 0.6) is 0 Å². The molecule has 6 heteroatoms. The molecule has 0 aromatic heterocycles. The number of hydrogen-bond acceptors (Lipinski definition) is 3. The molecule has 0 atom stereocenters. The highest BCUT2D eigenvalue weighted by Gasteiger charge is 2.03. The molecule has 0 aliphatic rings. The van der Waals surface area contributed by atoms with Crippen molar-refractivity contribution in [3.63, 3.8) is 0 Å². The Labute approximate surface area is 113 Å². The number of anilines is 1. The first-order valence-electron chi connectivity index (χ1n) is 5.92. The van der Waals surface area contributed by atoms with E-state index in [0.29, 0.717) is 11.4 Å². The predicted octanol–water partition coefficient (Wildman–Crippen LogP) is 3.20. The quantitative estimate of drug-likeness (QED) is 0.570. The first-order valence-corrected chi connectivity index (χ1v) is 7.91. The summed E-state index contributed by atoms with van der Waals surface area (Å²) < 4.78 is 29.5. The zero-order valence-corrected chi connectivity index (χ0v) is 11.7. The molecule has 0 spiro atoms. The van der Waals surface area contributed by atoms with Gasteiger partial charge in [0.05, 0.1) is 16.5 Å². The van der Waals surface area contributed by atoms with Crippen molar-refractivity contribution < 1.29 is 13.0 Å². The summed E-state index contributed by atoms with van der Waals surface area (Å²) in [4.78, 5) is 0. The Balaban J connectivity index is 2.08. The lowest BCUT2D eigenvalue weighted by atomic mass is 10.2. The summed E-state index contributed by atoms with van der Waals surface area (Å²) in [6, 6.07) is 7.54. The molecule has 1 aromatic carbocycles. The maximum Gasteiger partial charge on any atom is 0.264 e. The van der Waals surface area contributed by atoms with Crippen LogP contribution in [0.25, 0.3) is 0 Å². The van der Waals surface area contributed by atoms with Crippen LogP contribution in [0, 0.1) is 0 Å². The van der Waals surface area contributed by atoms with Crippen LogP contribution in [0.4, 0.5) is 5.69 Å². The Morgan fingerprint density at radius 3 is 2.44 bits per heavy atom. The number of unbranched alkanes of at least 4 members (excludes halogenated alkanes) is 3. The highest BCUT2D eigenvalue weighted by molar-refractivity contribution is 7.85. The lowest BCUT2D eigenvalue weighted by Crippen LogP contribution is -2.04. The van der Waals surface area contributed by atoms with Gasteiger partial charge in [-0.3, -0.25) is 4.55 Å². The molecule has 18 heavy (non-hydrogen) atoms. The van der Waals surface area contributed by atoms with E-state index >= 15 is 0 Å². The molecule has 0 saturated carbocycles. The predicted molar refractivity (Wildman–Crippen MR) is 74.8 cm³/mol. The fourth-order valence-corrected chi connectivity index (χ4v) is 2.36. The van der Waals surface area contributed by atoms with Crippen molar-refractivity contribution in [3.05, 3.63) is 29.3 Å². The van der Waals surface area contributed by atoms with E-state index in [9.17, 15) is 8.42 Å². The number of nitrogens with one attached hydrogen (secondary N) is 1. The molecule has 0 amide bonds. The SMILES string of the molecule is O=S(=O)(O)CCCCCCNc1ccccc1Cl. The minimum absolute atomic E-state index is 0.148. The lowest BCUT2D eigenvalue weighted by Gasteiger charge is -2.07. The summed E-state index contributed by atoms with van der Waals surface area (Å²) in [7, 11) is -3.80. The van der Waals surface area contributed by atoms with Gasteiger partial charge >= 0.3 is 0 Å². The molecule has 0 heterocycles. The number of hydrogen-bond donors (Lipinski definition) is 2. The Morgan fingerprint density at radius 2 is 1.78 bits per heavy atom. The maximum absolute atomic E-state index is 10.5. The molecule has 2 N–H and O–H groups in total. The van der Waals surface area contributed by atoms with Crippen molar-refractivity contribution >= 4 is 27.4 Å². The van der Waals surface area contributed by atoms with Crippen LogP contribution >= 0.6 is 11.6 Å². The van der Waals surface area contributed by atoms with Crippen molar-refractivity contribution in [3.8, 4) is 0 Å². The van der Waals surface area contributed by atoms with Crippen molar-refractivity contribution in [2.75, 3.05) is 17.6 Å². The van der Waals surface area contributed by atoms with Crippen LogP contribution in [0.15, 0.2) is 24.3 Å². The number of benzene rings is 1. The molecule has 0 unspecified atom stereocenters. The van der Waals surface area contributed by atoms with E-state index in [1.165, 1.54) is 0 Å². The van der Waals surface area contributed by atoms with E-state index in [0.717, 1.165) is 31.5 Å². The molecule has 102 valence electrons. The van der Waals surface area contributed by atoms with Crippen molar-refractivity contribution in [2.45, 2.75) is 25.7 Å². The van der Waals surface area contributed by atoms with E-state index in [2.05, 4.69) is 5.32 Å². The van der Waals surface area contributed by atoms with Crippen molar-refractivity contribution in [2.24, 2.45) is 0 Å². The largest absolute Gasteiger partial charge is 0.384 e. The van der Waals surface area contributed by atoms with Gasteiger partial charge in [-0.25, -0.2) is 0 Å². The molecule has 4 nitrogen and oxygen atoms in total. The van der Waals surface area contributed by atoms with Crippen LogP contribution in [0.1, 0.15) is 25.7 Å². The minimum Gasteiger partial charge on any atom is -0.384 e. The molecular weight excluding hydrogens is 274 g/mol. The Kier molecular flexibility index (Phi) is 6.46. The molecule has 0 saturated heterocycles. The highest BCUT2D eigenvalue weighted by Crippen LogP contribution is 2.20. The van der Waals surface area contributed by atoms with Crippen LogP contribution in [-0.2, 0) is 10.1 Å². The van der Waals surface area contributed by atoms with Crippen LogP contribution in [0.2, 0.25) is 5.02 Å². The van der Waals surface area contributed by atoms with E-state index < -0.39 is 10.1 Å². The normalized spacial score (nSPS) is 11.4. The van der Waals surface area contributed by atoms with Gasteiger partial charge < -0.3 is 5.32 Å². The van der Waals surface area contributed by atoms with Gasteiger partial charge in [-0.2, -0.15) is 8.42 Å². The second-order valence-electron chi connectivity index (χ2n) is 4.11. The summed E-state index contributed by atoms with van der Waals surface area (Å²) in [5.74, 6) is -0.148. The Bertz CT molecular complexity index is 462.